The molecule has 1 aromatic carbocycles. The fourth-order valence-corrected chi connectivity index (χ4v) is 6.00. The fourth-order valence-electron chi connectivity index (χ4n) is 6.00. The van der Waals surface area contributed by atoms with Crippen molar-refractivity contribution in [2.24, 2.45) is 11.8 Å². The predicted molar refractivity (Wildman–Crippen MR) is 116 cm³/mol. The van der Waals surface area contributed by atoms with Gasteiger partial charge in [-0.25, -0.2) is 0 Å². The normalized spacial score (nSPS) is 28.0. The summed E-state index contributed by atoms with van der Waals surface area (Å²) in [6, 6.07) is 5.55. The number of nitrogens with zero attached hydrogens (tertiary/aromatic N) is 2. The molecule has 7 heteroatoms. The Balaban J connectivity index is 1.29. The Bertz CT molecular complexity index is 880. The highest BCUT2D eigenvalue weighted by atomic mass is 16.2. The summed E-state index contributed by atoms with van der Waals surface area (Å²) in [5.74, 6) is 0.907. The number of hydrogen-bond donors (Lipinski definition) is 2. The summed E-state index contributed by atoms with van der Waals surface area (Å²) in [7, 11) is 0. The number of fused-ring (bicyclic) bond motifs is 1. The zero-order chi connectivity index (χ0) is 21.4. The van der Waals surface area contributed by atoms with Crippen LogP contribution in [0.5, 0.6) is 0 Å². The number of rotatable bonds is 4. The summed E-state index contributed by atoms with van der Waals surface area (Å²) in [5.41, 5.74) is 2.85. The van der Waals surface area contributed by atoms with Crippen molar-refractivity contribution < 1.29 is 14.4 Å². The molecule has 0 saturated carbocycles. The molecule has 0 bridgehead atoms. The molecule has 1 aromatic rings. The second-order valence-electron chi connectivity index (χ2n) is 9.58. The monoisotopic (exact) mass is 424 g/mol. The maximum atomic E-state index is 13.3. The number of carbonyl (C=O) groups excluding carboxylic acids is 3. The molecule has 7 nitrogen and oxygen atoms in total. The van der Waals surface area contributed by atoms with Crippen LogP contribution in [0.25, 0.3) is 0 Å². The van der Waals surface area contributed by atoms with Gasteiger partial charge in [-0.2, -0.15) is 0 Å². The highest BCUT2D eigenvalue weighted by Gasteiger charge is 2.40. The van der Waals surface area contributed by atoms with E-state index in [9.17, 15) is 14.4 Å². The second kappa shape index (κ2) is 8.71. The van der Waals surface area contributed by atoms with E-state index in [0.717, 1.165) is 61.2 Å². The molecule has 0 spiro atoms. The van der Waals surface area contributed by atoms with E-state index >= 15 is 0 Å². The molecule has 4 aliphatic heterocycles. The highest BCUT2D eigenvalue weighted by Crippen LogP contribution is 2.33. The van der Waals surface area contributed by atoms with Gasteiger partial charge in [-0.05, 0) is 74.7 Å². The largest absolute Gasteiger partial charge is 0.322 e. The van der Waals surface area contributed by atoms with E-state index in [1.165, 1.54) is 25.7 Å². The van der Waals surface area contributed by atoms with Crippen LogP contribution in [0.3, 0.4) is 0 Å². The Morgan fingerprint density at radius 3 is 2.65 bits per heavy atom. The standard InChI is InChI=1S/C24H32N4O3/c29-21-7-6-20(23(30)26-21)28-15-19-4-1-3-18(22(19)24(28)31)14-27-12-2-5-17(13-27)16-8-10-25-11-9-16/h1,3-4,16-17,20,25H,2,5-15H2,(H,26,29,30). The number of nitrogens with one attached hydrogen (secondary N) is 2. The summed E-state index contributed by atoms with van der Waals surface area (Å²) in [4.78, 5) is 41.4. The number of piperidine rings is 3. The maximum absolute atomic E-state index is 13.3. The lowest BCUT2D eigenvalue weighted by molar-refractivity contribution is -0.136. The molecule has 2 N–H and O–H groups in total. The molecule has 5 rings (SSSR count). The van der Waals surface area contributed by atoms with Crippen molar-refractivity contribution in [1.29, 1.82) is 0 Å². The van der Waals surface area contributed by atoms with Gasteiger partial charge < -0.3 is 10.2 Å². The molecule has 2 atom stereocenters. The van der Waals surface area contributed by atoms with Gasteiger partial charge in [0, 0.05) is 31.6 Å². The Labute approximate surface area is 183 Å². The summed E-state index contributed by atoms with van der Waals surface area (Å²) in [6.07, 6.45) is 5.78. The number of likely N-dealkylation sites (tertiary alicyclic amines) is 1. The first-order chi connectivity index (χ1) is 15.1. The average molecular weight is 425 g/mol. The Morgan fingerprint density at radius 1 is 1.00 bits per heavy atom. The summed E-state index contributed by atoms with van der Waals surface area (Å²) < 4.78 is 0. The summed E-state index contributed by atoms with van der Waals surface area (Å²) in [6.45, 7) is 5.71. The van der Waals surface area contributed by atoms with Gasteiger partial charge in [-0.3, -0.25) is 24.6 Å². The van der Waals surface area contributed by atoms with Crippen LogP contribution in [0.2, 0.25) is 0 Å². The third kappa shape index (κ3) is 4.13. The molecule has 166 valence electrons. The third-order valence-electron chi connectivity index (χ3n) is 7.63. The number of imide groups is 1. The molecule has 3 amide bonds. The van der Waals surface area contributed by atoms with Crippen LogP contribution in [0, 0.1) is 11.8 Å². The third-order valence-corrected chi connectivity index (χ3v) is 7.63. The molecule has 2 unspecified atom stereocenters. The molecule has 4 aliphatic rings. The molecular weight excluding hydrogens is 392 g/mol. The maximum Gasteiger partial charge on any atom is 0.255 e. The number of hydrogen-bond acceptors (Lipinski definition) is 5. The zero-order valence-corrected chi connectivity index (χ0v) is 18.1. The minimum Gasteiger partial charge on any atom is -0.322 e. The van der Waals surface area contributed by atoms with E-state index in [4.69, 9.17) is 0 Å². The lowest BCUT2D eigenvalue weighted by Crippen LogP contribution is -2.52. The van der Waals surface area contributed by atoms with E-state index in [1.807, 2.05) is 12.1 Å². The van der Waals surface area contributed by atoms with Crippen LogP contribution in [-0.4, -0.2) is 59.7 Å². The molecule has 3 saturated heterocycles. The SMILES string of the molecule is O=C1CCC(N2Cc3cccc(CN4CCCC(C5CCNCC5)C4)c3C2=O)C(=O)N1. The van der Waals surface area contributed by atoms with Crippen molar-refractivity contribution in [3.63, 3.8) is 0 Å². The van der Waals surface area contributed by atoms with Crippen LogP contribution in [0.15, 0.2) is 18.2 Å². The van der Waals surface area contributed by atoms with Crippen molar-refractivity contribution >= 4 is 17.7 Å². The van der Waals surface area contributed by atoms with Crippen molar-refractivity contribution in [3.8, 4) is 0 Å². The Kier molecular flexibility index (Phi) is 5.80. The Hall–Kier alpha value is -2.25. The summed E-state index contributed by atoms with van der Waals surface area (Å²) in [5, 5.41) is 5.86. The molecule has 3 fully saturated rings. The van der Waals surface area contributed by atoms with Gasteiger partial charge in [0.25, 0.3) is 5.91 Å². The van der Waals surface area contributed by atoms with Gasteiger partial charge in [-0.1, -0.05) is 18.2 Å². The minimum absolute atomic E-state index is 0.0630. The topological polar surface area (TPSA) is 81.8 Å². The van der Waals surface area contributed by atoms with Crippen molar-refractivity contribution in [2.75, 3.05) is 26.2 Å². The fraction of sp³-hybridized carbons (Fsp3) is 0.625. The van der Waals surface area contributed by atoms with Gasteiger partial charge in [0.1, 0.15) is 6.04 Å². The van der Waals surface area contributed by atoms with Gasteiger partial charge in [0.05, 0.1) is 0 Å². The molecule has 4 heterocycles. The quantitative estimate of drug-likeness (QED) is 0.719. The van der Waals surface area contributed by atoms with Crippen molar-refractivity contribution in [1.82, 2.24) is 20.4 Å². The lowest BCUT2D eigenvalue weighted by Gasteiger charge is -2.39. The van der Waals surface area contributed by atoms with Gasteiger partial charge in [-0.15, -0.1) is 0 Å². The minimum atomic E-state index is -0.551. The van der Waals surface area contributed by atoms with E-state index in [-0.39, 0.29) is 24.1 Å². The van der Waals surface area contributed by atoms with E-state index in [2.05, 4.69) is 21.6 Å². The molecule has 0 radical (unpaired) electrons. The zero-order valence-electron chi connectivity index (χ0n) is 18.1. The molecule has 0 aliphatic carbocycles. The number of amides is 3. The van der Waals surface area contributed by atoms with Gasteiger partial charge >= 0.3 is 0 Å². The van der Waals surface area contributed by atoms with Gasteiger partial charge in [0.2, 0.25) is 11.8 Å². The second-order valence-corrected chi connectivity index (χ2v) is 9.58. The smallest absolute Gasteiger partial charge is 0.255 e. The van der Waals surface area contributed by atoms with Crippen LogP contribution >= 0.6 is 0 Å². The first kappa shape index (κ1) is 20.6. The summed E-state index contributed by atoms with van der Waals surface area (Å²) >= 11 is 0. The van der Waals surface area contributed by atoms with Crippen molar-refractivity contribution in [2.45, 2.75) is 57.7 Å². The van der Waals surface area contributed by atoms with Crippen LogP contribution < -0.4 is 10.6 Å². The Morgan fingerprint density at radius 2 is 1.84 bits per heavy atom. The number of benzene rings is 1. The van der Waals surface area contributed by atoms with E-state index in [1.54, 1.807) is 4.90 Å². The van der Waals surface area contributed by atoms with E-state index < -0.39 is 6.04 Å². The first-order valence-corrected chi connectivity index (χ1v) is 11.8. The van der Waals surface area contributed by atoms with Crippen LogP contribution in [0.1, 0.15) is 60.0 Å². The lowest BCUT2D eigenvalue weighted by atomic mass is 9.80. The number of carbonyl (C=O) groups is 3. The molecule has 31 heavy (non-hydrogen) atoms. The first-order valence-electron chi connectivity index (χ1n) is 11.8. The highest BCUT2D eigenvalue weighted by molar-refractivity contribution is 6.05. The van der Waals surface area contributed by atoms with Crippen LogP contribution in [-0.2, 0) is 22.7 Å². The predicted octanol–water partition coefficient (Wildman–Crippen LogP) is 1.66. The average Bonchev–Trinajstić information content (AvgIpc) is 3.12. The van der Waals surface area contributed by atoms with E-state index in [0.29, 0.717) is 13.0 Å². The van der Waals surface area contributed by atoms with Gasteiger partial charge in [0.15, 0.2) is 0 Å². The molecule has 0 aromatic heterocycles. The van der Waals surface area contributed by atoms with Crippen molar-refractivity contribution in [3.05, 3.63) is 34.9 Å². The molecular formula is C24H32N4O3. The van der Waals surface area contributed by atoms with Crippen LogP contribution in [0.4, 0.5) is 0 Å².